The average molecular weight is 158 g/mol. The topological polar surface area (TPSA) is 20.2 Å². The first-order valence-electron chi connectivity index (χ1n) is 3.93. The number of hydrogen-bond acceptors (Lipinski definition) is 1. The molecule has 0 aromatic rings. The lowest BCUT2D eigenvalue weighted by molar-refractivity contribution is 0.264. The van der Waals surface area contributed by atoms with E-state index in [1.165, 1.54) is 0 Å². The molecule has 1 heteroatoms. The molecule has 0 radical (unpaired) electrons. The van der Waals surface area contributed by atoms with Crippen molar-refractivity contribution in [3.8, 4) is 0 Å². The third-order valence-electron chi connectivity index (χ3n) is 2.06. The predicted molar refractivity (Wildman–Crippen MR) is 49.6 cm³/mol. The van der Waals surface area contributed by atoms with E-state index in [0.29, 0.717) is 0 Å². The molecule has 1 N–H and O–H groups in total. The molecular formula is C11H10O. The summed E-state index contributed by atoms with van der Waals surface area (Å²) >= 11 is 0. The van der Waals surface area contributed by atoms with E-state index in [9.17, 15) is 5.11 Å². The van der Waals surface area contributed by atoms with Crippen molar-refractivity contribution in [3.63, 3.8) is 0 Å². The normalized spacial score (nSPS) is 26.4. The molecule has 0 aromatic carbocycles. The fourth-order valence-electron chi connectivity index (χ4n) is 1.33. The highest BCUT2D eigenvalue weighted by Gasteiger charge is 2.11. The Morgan fingerprint density at radius 1 is 1.25 bits per heavy atom. The van der Waals surface area contributed by atoms with Crippen LogP contribution in [0.1, 0.15) is 0 Å². The molecule has 0 heterocycles. The van der Waals surface area contributed by atoms with Crippen molar-refractivity contribution in [1.29, 1.82) is 0 Å². The van der Waals surface area contributed by atoms with Crippen LogP contribution in [0, 0.1) is 0 Å². The largest absolute Gasteiger partial charge is 0.384 e. The molecule has 1 nitrogen and oxygen atoms in total. The lowest BCUT2D eigenvalue weighted by atomic mass is 10.1. The smallest absolute Gasteiger partial charge is 0.0969 e. The summed E-state index contributed by atoms with van der Waals surface area (Å²) < 4.78 is 0. The Balaban J connectivity index is 2.46. The van der Waals surface area contributed by atoms with Gasteiger partial charge in [-0.3, -0.25) is 0 Å². The van der Waals surface area contributed by atoms with Gasteiger partial charge in [0.05, 0.1) is 6.10 Å². The maximum atomic E-state index is 9.43. The molecule has 0 amide bonds. The van der Waals surface area contributed by atoms with E-state index >= 15 is 0 Å². The lowest BCUT2D eigenvalue weighted by Crippen LogP contribution is -2.01. The molecule has 0 aromatic heterocycles. The Labute approximate surface area is 71.7 Å². The maximum Gasteiger partial charge on any atom is 0.0969 e. The van der Waals surface area contributed by atoms with Crippen LogP contribution in [0.25, 0.3) is 0 Å². The lowest BCUT2D eigenvalue weighted by Gasteiger charge is -2.01. The Kier molecular flexibility index (Phi) is 1.59. The van der Waals surface area contributed by atoms with E-state index in [2.05, 4.69) is 6.58 Å². The van der Waals surface area contributed by atoms with Crippen LogP contribution in [0.2, 0.25) is 0 Å². The van der Waals surface area contributed by atoms with Crippen LogP contribution in [0.4, 0.5) is 0 Å². The molecular weight excluding hydrogens is 148 g/mol. The van der Waals surface area contributed by atoms with E-state index in [-0.39, 0.29) is 0 Å². The van der Waals surface area contributed by atoms with Crippen LogP contribution in [-0.2, 0) is 0 Å². The van der Waals surface area contributed by atoms with Crippen molar-refractivity contribution in [1.82, 2.24) is 0 Å². The molecule has 1 unspecified atom stereocenters. The molecule has 0 spiro atoms. The number of aliphatic hydroxyl groups excluding tert-OH is 1. The van der Waals surface area contributed by atoms with Gasteiger partial charge in [0.25, 0.3) is 0 Å². The molecule has 2 aliphatic rings. The van der Waals surface area contributed by atoms with Crippen molar-refractivity contribution in [2.45, 2.75) is 6.10 Å². The van der Waals surface area contributed by atoms with Crippen LogP contribution in [0.5, 0.6) is 0 Å². The molecule has 1 atom stereocenters. The molecule has 2 aliphatic carbocycles. The van der Waals surface area contributed by atoms with Crippen molar-refractivity contribution in [3.05, 3.63) is 59.8 Å². The second kappa shape index (κ2) is 2.61. The Hall–Kier alpha value is -1.34. The summed E-state index contributed by atoms with van der Waals surface area (Å²) in [7, 11) is 0. The van der Waals surface area contributed by atoms with Gasteiger partial charge in [0.15, 0.2) is 0 Å². The van der Waals surface area contributed by atoms with Crippen molar-refractivity contribution < 1.29 is 5.11 Å². The minimum Gasteiger partial charge on any atom is -0.384 e. The number of fused-ring (bicyclic) bond motifs is 1. The highest BCUT2D eigenvalue weighted by molar-refractivity contribution is 5.58. The van der Waals surface area contributed by atoms with Gasteiger partial charge < -0.3 is 5.11 Å². The number of hydrogen-bond donors (Lipinski definition) is 1. The second-order valence-electron chi connectivity index (χ2n) is 2.96. The van der Waals surface area contributed by atoms with E-state index in [4.69, 9.17) is 0 Å². The quantitative estimate of drug-likeness (QED) is 0.570. The zero-order valence-electron chi connectivity index (χ0n) is 6.70. The van der Waals surface area contributed by atoms with Gasteiger partial charge in [-0.25, -0.2) is 0 Å². The van der Waals surface area contributed by atoms with Crippen molar-refractivity contribution in [2.75, 3.05) is 0 Å². The van der Waals surface area contributed by atoms with Crippen LogP contribution < -0.4 is 0 Å². The summed E-state index contributed by atoms with van der Waals surface area (Å²) in [6, 6.07) is 0. The molecule has 0 aliphatic heterocycles. The zero-order chi connectivity index (χ0) is 8.55. The first kappa shape index (κ1) is 7.32. The van der Waals surface area contributed by atoms with Crippen molar-refractivity contribution in [2.24, 2.45) is 0 Å². The standard InChI is InChI=1S/C11H10O/c1-8-7-10-4-2-3-9(10)5-6-11(8)12/h2-7,11-12H,1H2. The fourth-order valence-corrected chi connectivity index (χ4v) is 1.33. The van der Waals surface area contributed by atoms with Crippen molar-refractivity contribution >= 4 is 0 Å². The maximum absolute atomic E-state index is 9.43. The SMILES string of the molecule is C=C1C=C2C=CC=C2C=CC1O. The van der Waals surface area contributed by atoms with Gasteiger partial charge in [0.1, 0.15) is 0 Å². The first-order valence-corrected chi connectivity index (χ1v) is 3.93. The highest BCUT2D eigenvalue weighted by Crippen LogP contribution is 2.25. The summed E-state index contributed by atoms with van der Waals surface area (Å²) in [4.78, 5) is 0. The Bertz CT molecular complexity index is 340. The Morgan fingerprint density at radius 3 is 2.92 bits per heavy atom. The van der Waals surface area contributed by atoms with Crippen LogP contribution >= 0.6 is 0 Å². The van der Waals surface area contributed by atoms with E-state index in [0.717, 1.165) is 16.7 Å². The molecule has 0 saturated heterocycles. The van der Waals surface area contributed by atoms with Gasteiger partial charge in [0, 0.05) is 0 Å². The van der Waals surface area contributed by atoms with Gasteiger partial charge in [-0.15, -0.1) is 0 Å². The molecule has 0 saturated carbocycles. The number of allylic oxidation sites excluding steroid dienone is 6. The minimum absolute atomic E-state index is 0.530. The summed E-state index contributed by atoms with van der Waals surface area (Å²) in [5.41, 5.74) is 3.02. The highest BCUT2D eigenvalue weighted by atomic mass is 16.3. The molecule has 0 bridgehead atoms. The first-order chi connectivity index (χ1) is 5.77. The summed E-state index contributed by atoms with van der Waals surface area (Å²) in [6.07, 6.45) is 11.1. The number of aliphatic hydroxyl groups is 1. The molecule has 2 rings (SSSR count). The molecule has 12 heavy (non-hydrogen) atoms. The average Bonchev–Trinajstić information content (AvgIpc) is 2.43. The van der Waals surface area contributed by atoms with Gasteiger partial charge in [-0.05, 0) is 22.8 Å². The van der Waals surface area contributed by atoms with Crippen LogP contribution in [-0.4, -0.2) is 11.2 Å². The van der Waals surface area contributed by atoms with Crippen LogP contribution in [0.15, 0.2) is 59.8 Å². The van der Waals surface area contributed by atoms with E-state index in [1.54, 1.807) is 6.08 Å². The van der Waals surface area contributed by atoms with Gasteiger partial charge in [-0.2, -0.15) is 0 Å². The molecule has 0 fully saturated rings. The predicted octanol–water partition coefficient (Wildman–Crippen LogP) is 1.90. The summed E-state index contributed by atoms with van der Waals surface area (Å²) in [6.45, 7) is 3.78. The summed E-state index contributed by atoms with van der Waals surface area (Å²) in [5, 5.41) is 9.43. The third-order valence-corrected chi connectivity index (χ3v) is 2.06. The van der Waals surface area contributed by atoms with Gasteiger partial charge in [0.2, 0.25) is 0 Å². The summed E-state index contributed by atoms with van der Waals surface area (Å²) in [5.74, 6) is 0. The van der Waals surface area contributed by atoms with E-state index in [1.807, 2.05) is 30.4 Å². The zero-order valence-corrected chi connectivity index (χ0v) is 6.70. The monoisotopic (exact) mass is 158 g/mol. The Morgan fingerprint density at radius 2 is 2.08 bits per heavy atom. The third kappa shape index (κ3) is 1.08. The fraction of sp³-hybridized carbons (Fsp3) is 0.0909. The van der Waals surface area contributed by atoms with E-state index < -0.39 is 6.10 Å². The number of rotatable bonds is 0. The second-order valence-corrected chi connectivity index (χ2v) is 2.96. The van der Waals surface area contributed by atoms with Crippen LogP contribution in [0.3, 0.4) is 0 Å². The van der Waals surface area contributed by atoms with Gasteiger partial charge in [-0.1, -0.05) is 37.0 Å². The molecule has 60 valence electrons. The van der Waals surface area contributed by atoms with Gasteiger partial charge >= 0.3 is 0 Å². The minimum atomic E-state index is -0.530.